The molecule has 28 heavy (non-hydrogen) atoms. The number of benzene rings is 1. The third-order valence-electron chi connectivity index (χ3n) is 3.49. The molecule has 0 saturated carbocycles. The van der Waals surface area contributed by atoms with Gasteiger partial charge in [-0.1, -0.05) is 11.6 Å². The normalized spacial score (nSPS) is 10.9. The molecule has 1 aromatic heterocycles. The molecule has 0 aliphatic heterocycles. The number of nitrogens with one attached hydrogen (secondary N) is 1. The fourth-order valence-electron chi connectivity index (χ4n) is 2.20. The number of alkyl halides is 3. The highest BCUT2D eigenvalue weighted by atomic mass is 35.5. The van der Waals surface area contributed by atoms with Gasteiger partial charge in [-0.2, -0.15) is 18.4 Å². The van der Waals surface area contributed by atoms with E-state index in [1.165, 1.54) is 24.1 Å². The van der Waals surface area contributed by atoms with Gasteiger partial charge in [0.05, 0.1) is 22.1 Å². The van der Waals surface area contributed by atoms with Crippen molar-refractivity contribution in [2.75, 3.05) is 23.8 Å². The largest absolute Gasteiger partial charge is 0.417 e. The molecule has 2 aromatic rings. The third kappa shape index (κ3) is 4.86. The van der Waals surface area contributed by atoms with E-state index in [0.717, 1.165) is 12.1 Å². The average molecular weight is 414 g/mol. The van der Waals surface area contributed by atoms with Crippen LogP contribution >= 0.6 is 11.6 Å². The van der Waals surface area contributed by atoms with E-state index in [2.05, 4.69) is 10.3 Å². The van der Waals surface area contributed by atoms with E-state index in [4.69, 9.17) is 16.9 Å². The second kappa shape index (κ2) is 8.10. The Bertz CT molecular complexity index is 975. The maximum atomic E-state index is 12.9. The highest BCUT2D eigenvalue weighted by Crippen LogP contribution is 2.36. The van der Waals surface area contributed by atoms with Crippen LogP contribution in [0.25, 0.3) is 0 Å². The number of carbonyl (C=O) groups is 1. The van der Waals surface area contributed by atoms with Crippen molar-refractivity contribution < 1.29 is 22.9 Å². The topological polar surface area (TPSA) is 112 Å². The maximum absolute atomic E-state index is 12.9. The van der Waals surface area contributed by atoms with Crippen LogP contribution in [0.4, 0.5) is 30.4 Å². The van der Waals surface area contributed by atoms with Crippen molar-refractivity contribution in [1.82, 2.24) is 4.98 Å². The average Bonchev–Trinajstić information content (AvgIpc) is 2.61. The molecular formula is C16H11ClF3N5O3. The van der Waals surface area contributed by atoms with Crippen molar-refractivity contribution in [1.29, 1.82) is 5.26 Å². The number of carbonyl (C=O) groups excluding carboxylic acids is 1. The molecule has 0 aliphatic rings. The molecule has 0 saturated heterocycles. The van der Waals surface area contributed by atoms with Crippen LogP contribution in [-0.4, -0.2) is 29.4 Å². The van der Waals surface area contributed by atoms with E-state index in [9.17, 15) is 28.1 Å². The van der Waals surface area contributed by atoms with Crippen LogP contribution in [0.5, 0.6) is 0 Å². The lowest BCUT2D eigenvalue weighted by Gasteiger charge is -2.18. The summed E-state index contributed by atoms with van der Waals surface area (Å²) < 4.78 is 38.6. The van der Waals surface area contributed by atoms with Crippen LogP contribution in [0, 0.1) is 21.4 Å². The van der Waals surface area contributed by atoms with Gasteiger partial charge in [0.1, 0.15) is 11.9 Å². The minimum atomic E-state index is -4.68. The fourth-order valence-corrected chi connectivity index (χ4v) is 2.43. The van der Waals surface area contributed by atoms with Crippen molar-refractivity contribution in [2.24, 2.45) is 0 Å². The molecule has 1 heterocycles. The Morgan fingerprint density at radius 2 is 2.07 bits per heavy atom. The lowest BCUT2D eigenvalue weighted by molar-refractivity contribution is -0.385. The summed E-state index contributed by atoms with van der Waals surface area (Å²) in [5.74, 6) is -0.569. The summed E-state index contributed by atoms with van der Waals surface area (Å²) in [5, 5.41) is 21.6. The quantitative estimate of drug-likeness (QED) is 0.592. The molecule has 0 radical (unpaired) electrons. The van der Waals surface area contributed by atoms with Gasteiger partial charge < -0.3 is 10.2 Å². The van der Waals surface area contributed by atoms with E-state index >= 15 is 0 Å². The third-order valence-corrected chi connectivity index (χ3v) is 3.82. The first-order valence-corrected chi connectivity index (χ1v) is 7.84. The Morgan fingerprint density at radius 1 is 1.39 bits per heavy atom. The first-order valence-electron chi connectivity index (χ1n) is 7.46. The number of amides is 1. The Labute approximate surface area is 161 Å². The monoisotopic (exact) mass is 413 g/mol. The molecule has 2 rings (SSSR count). The van der Waals surface area contributed by atoms with E-state index in [1.807, 2.05) is 0 Å². The van der Waals surface area contributed by atoms with Gasteiger partial charge in [-0.3, -0.25) is 14.9 Å². The predicted molar refractivity (Wildman–Crippen MR) is 94.0 cm³/mol. The van der Waals surface area contributed by atoms with Gasteiger partial charge in [0.25, 0.3) is 0 Å². The molecule has 146 valence electrons. The predicted octanol–water partition coefficient (Wildman–Crippen LogP) is 3.61. The first-order chi connectivity index (χ1) is 13.0. The number of likely N-dealkylation sites (N-methyl/N-ethyl adjacent to an activating group) is 1. The number of halogens is 4. The number of hydrogen-bond acceptors (Lipinski definition) is 6. The molecule has 0 spiro atoms. The molecule has 0 aliphatic carbocycles. The molecule has 12 heteroatoms. The number of nitriles is 1. The Balaban J connectivity index is 2.14. The minimum absolute atomic E-state index is 0.101. The number of nitrogens with zero attached hydrogens (tertiary/aromatic N) is 4. The number of pyridine rings is 1. The van der Waals surface area contributed by atoms with Gasteiger partial charge in [0.15, 0.2) is 0 Å². The lowest BCUT2D eigenvalue weighted by atomic mass is 10.2. The van der Waals surface area contributed by atoms with Crippen LogP contribution < -0.4 is 10.2 Å². The van der Waals surface area contributed by atoms with Crippen molar-refractivity contribution in [3.05, 3.63) is 56.7 Å². The van der Waals surface area contributed by atoms with Crippen LogP contribution in [0.2, 0.25) is 5.02 Å². The van der Waals surface area contributed by atoms with Gasteiger partial charge >= 0.3 is 11.9 Å². The summed E-state index contributed by atoms with van der Waals surface area (Å²) in [4.78, 5) is 27.2. The SMILES string of the molecule is CN(CC(=O)Nc1ccc(Cl)c(C(F)(F)F)c1)c1ccc([N+](=O)[O-])c(C#N)n1. The highest BCUT2D eigenvalue weighted by molar-refractivity contribution is 6.31. The van der Waals surface area contributed by atoms with Crippen molar-refractivity contribution in [3.8, 4) is 6.07 Å². The number of aromatic nitrogens is 1. The van der Waals surface area contributed by atoms with Gasteiger partial charge in [-0.05, 0) is 24.3 Å². The number of hydrogen-bond donors (Lipinski definition) is 1. The Hall–Kier alpha value is -3.39. The van der Waals surface area contributed by atoms with E-state index < -0.39 is 39.0 Å². The smallest absolute Gasteiger partial charge is 0.350 e. The molecule has 1 aromatic carbocycles. The van der Waals surface area contributed by atoms with E-state index in [0.29, 0.717) is 6.07 Å². The van der Waals surface area contributed by atoms with Crippen molar-refractivity contribution in [2.45, 2.75) is 6.18 Å². The molecule has 0 atom stereocenters. The second-order valence-corrected chi connectivity index (χ2v) is 5.91. The molecule has 0 unspecified atom stereocenters. The first kappa shape index (κ1) is 20.9. The maximum Gasteiger partial charge on any atom is 0.417 e. The van der Waals surface area contributed by atoms with Crippen LogP contribution in [0.3, 0.4) is 0 Å². The second-order valence-electron chi connectivity index (χ2n) is 5.50. The lowest BCUT2D eigenvalue weighted by Crippen LogP contribution is -2.30. The summed E-state index contributed by atoms with van der Waals surface area (Å²) in [6.07, 6.45) is -4.68. The van der Waals surface area contributed by atoms with Gasteiger partial charge in [-0.15, -0.1) is 0 Å². The molecular weight excluding hydrogens is 403 g/mol. The van der Waals surface area contributed by atoms with Crippen molar-refractivity contribution >= 4 is 34.7 Å². The zero-order chi connectivity index (χ0) is 21.1. The standard InChI is InChI=1S/C16H11ClF3N5O3/c1-24(14-5-4-13(25(27)28)12(7-21)23-14)8-15(26)22-9-2-3-11(17)10(6-9)16(18,19)20/h2-6H,8H2,1H3,(H,22,26). The van der Waals surface area contributed by atoms with Gasteiger partial charge in [0.2, 0.25) is 11.6 Å². The number of anilines is 2. The summed E-state index contributed by atoms with van der Waals surface area (Å²) >= 11 is 5.52. The van der Waals surface area contributed by atoms with Crippen LogP contribution in [0.15, 0.2) is 30.3 Å². The van der Waals surface area contributed by atoms with E-state index in [-0.39, 0.29) is 18.1 Å². The summed E-state index contributed by atoms with van der Waals surface area (Å²) in [6, 6.07) is 6.85. The molecule has 0 fully saturated rings. The number of rotatable bonds is 5. The zero-order valence-electron chi connectivity index (χ0n) is 14.1. The molecule has 8 nitrogen and oxygen atoms in total. The highest BCUT2D eigenvalue weighted by Gasteiger charge is 2.33. The van der Waals surface area contributed by atoms with Crippen molar-refractivity contribution in [3.63, 3.8) is 0 Å². The summed E-state index contributed by atoms with van der Waals surface area (Å²) in [7, 11) is 1.43. The van der Waals surface area contributed by atoms with Crippen LogP contribution in [0.1, 0.15) is 11.3 Å². The molecule has 0 bridgehead atoms. The Kier molecular flexibility index (Phi) is 6.05. The van der Waals surface area contributed by atoms with Crippen LogP contribution in [-0.2, 0) is 11.0 Å². The fraction of sp³-hybridized carbons (Fsp3) is 0.188. The summed E-state index contributed by atoms with van der Waals surface area (Å²) in [6.45, 7) is -0.334. The Morgan fingerprint density at radius 3 is 2.64 bits per heavy atom. The van der Waals surface area contributed by atoms with E-state index in [1.54, 1.807) is 6.07 Å². The molecule has 1 N–H and O–H groups in total. The molecule has 1 amide bonds. The zero-order valence-corrected chi connectivity index (χ0v) is 14.9. The van der Waals surface area contributed by atoms with Gasteiger partial charge in [0, 0.05) is 18.8 Å². The minimum Gasteiger partial charge on any atom is -0.350 e. The summed E-state index contributed by atoms with van der Waals surface area (Å²) in [5.41, 5.74) is -2.10. The van der Waals surface area contributed by atoms with Gasteiger partial charge in [-0.25, -0.2) is 4.98 Å². The number of nitro groups is 1.